The quantitative estimate of drug-likeness (QED) is 0.831. The van der Waals surface area contributed by atoms with E-state index in [0.29, 0.717) is 17.5 Å². The molecule has 7 heteroatoms. The van der Waals surface area contributed by atoms with Crippen LogP contribution in [0.3, 0.4) is 0 Å². The van der Waals surface area contributed by atoms with E-state index >= 15 is 0 Å². The summed E-state index contributed by atoms with van der Waals surface area (Å²) in [5, 5.41) is 6.59. The van der Waals surface area contributed by atoms with Gasteiger partial charge in [-0.05, 0) is 31.9 Å². The lowest BCUT2D eigenvalue weighted by Crippen LogP contribution is -2.52. The van der Waals surface area contributed by atoms with Gasteiger partial charge in [-0.2, -0.15) is 0 Å². The van der Waals surface area contributed by atoms with Gasteiger partial charge in [0.2, 0.25) is 5.91 Å². The average Bonchev–Trinajstić information content (AvgIpc) is 2.78. The van der Waals surface area contributed by atoms with Crippen molar-refractivity contribution < 1.29 is 4.79 Å². The number of hydrogen-bond acceptors (Lipinski definition) is 4. The zero-order chi connectivity index (χ0) is 16.7. The third-order valence-corrected chi connectivity index (χ3v) is 4.73. The molecule has 1 atom stereocenters. The van der Waals surface area contributed by atoms with Crippen molar-refractivity contribution in [2.24, 2.45) is 7.05 Å². The van der Waals surface area contributed by atoms with Crippen LogP contribution in [0.25, 0.3) is 11.0 Å². The first kappa shape index (κ1) is 15.7. The number of H-pyrrole nitrogens is 1. The number of pyridine rings is 1. The molecule has 0 spiro atoms. The highest BCUT2D eigenvalue weighted by Gasteiger charge is 2.25. The van der Waals surface area contributed by atoms with Crippen LogP contribution in [0.15, 0.2) is 4.79 Å². The first-order valence-electron chi connectivity index (χ1n) is 7.95. The van der Waals surface area contributed by atoms with E-state index in [1.807, 2.05) is 25.7 Å². The van der Waals surface area contributed by atoms with Gasteiger partial charge in [0.05, 0.1) is 11.8 Å². The average molecular weight is 317 g/mol. The zero-order valence-corrected chi connectivity index (χ0v) is 14.1. The smallest absolute Gasteiger partial charge is 0.273 e. The van der Waals surface area contributed by atoms with Crippen molar-refractivity contribution >= 4 is 16.9 Å². The Morgan fingerprint density at radius 2 is 2.13 bits per heavy atom. The molecule has 1 saturated heterocycles. The van der Waals surface area contributed by atoms with Crippen LogP contribution in [0.1, 0.15) is 23.7 Å². The molecule has 3 heterocycles. The number of nitrogens with one attached hydrogen (secondary N) is 2. The number of nitrogens with zero attached hydrogens (tertiary/aromatic N) is 3. The third kappa shape index (κ3) is 2.65. The molecule has 0 aliphatic carbocycles. The summed E-state index contributed by atoms with van der Waals surface area (Å²) in [6.07, 6.45) is 0.291. The van der Waals surface area contributed by atoms with Gasteiger partial charge in [-0.25, -0.2) is 4.98 Å². The molecule has 1 unspecified atom stereocenters. The van der Waals surface area contributed by atoms with E-state index in [1.165, 1.54) is 0 Å². The number of piperazine rings is 1. The van der Waals surface area contributed by atoms with Crippen molar-refractivity contribution in [1.29, 1.82) is 0 Å². The van der Waals surface area contributed by atoms with Gasteiger partial charge in [0.1, 0.15) is 0 Å². The molecule has 1 fully saturated rings. The maximum Gasteiger partial charge on any atom is 0.273 e. The molecule has 23 heavy (non-hydrogen) atoms. The fraction of sp³-hybridized carbons (Fsp3) is 0.562. The SMILES string of the molecule is Cc1nc2c(c(C)c1CC(=O)N1CCNCC1C)c(=O)[nH]n2C. The minimum atomic E-state index is -0.156. The second kappa shape index (κ2) is 5.81. The molecule has 0 radical (unpaired) electrons. The topological polar surface area (TPSA) is 83.0 Å². The van der Waals surface area contributed by atoms with Gasteiger partial charge >= 0.3 is 0 Å². The van der Waals surface area contributed by atoms with Crippen molar-refractivity contribution in [2.45, 2.75) is 33.2 Å². The van der Waals surface area contributed by atoms with Crippen LogP contribution >= 0.6 is 0 Å². The fourth-order valence-electron chi connectivity index (χ4n) is 3.37. The van der Waals surface area contributed by atoms with E-state index in [9.17, 15) is 9.59 Å². The highest BCUT2D eigenvalue weighted by atomic mass is 16.2. The lowest BCUT2D eigenvalue weighted by molar-refractivity contribution is -0.133. The van der Waals surface area contributed by atoms with E-state index < -0.39 is 0 Å². The Kier molecular flexibility index (Phi) is 3.97. The van der Waals surface area contributed by atoms with Crippen LogP contribution in [-0.2, 0) is 18.3 Å². The van der Waals surface area contributed by atoms with E-state index in [1.54, 1.807) is 11.7 Å². The number of rotatable bonds is 2. The number of carbonyl (C=O) groups is 1. The monoisotopic (exact) mass is 317 g/mol. The summed E-state index contributed by atoms with van der Waals surface area (Å²) in [5.41, 5.74) is 3.00. The summed E-state index contributed by atoms with van der Waals surface area (Å²) in [6, 6.07) is 0.189. The van der Waals surface area contributed by atoms with Crippen molar-refractivity contribution in [2.75, 3.05) is 19.6 Å². The van der Waals surface area contributed by atoms with Crippen LogP contribution in [0.2, 0.25) is 0 Å². The largest absolute Gasteiger partial charge is 0.337 e. The van der Waals surface area contributed by atoms with Crippen LogP contribution in [0.5, 0.6) is 0 Å². The third-order valence-electron chi connectivity index (χ3n) is 4.73. The minimum Gasteiger partial charge on any atom is -0.337 e. The van der Waals surface area contributed by atoms with Gasteiger partial charge in [0, 0.05) is 38.4 Å². The van der Waals surface area contributed by atoms with Crippen LogP contribution in [0, 0.1) is 13.8 Å². The molecule has 2 N–H and O–H groups in total. The fourth-order valence-corrected chi connectivity index (χ4v) is 3.37. The van der Waals surface area contributed by atoms with Gasteiger partial charge in [0.25, 0.3) is 5.56 Å². The number of aromatic amines is 1. The molecule has 124 valence electrons. The summed E-state index contributed by atoms with van der Waals surface area (Å²) < 4.78 is 1.63. The van der Waals surface area contributed by atoms with Gasteiger partial charge in [0.15, 0.2) is 5.65 Å². The molecule has 0 aromatic carbocycles. The number of carbonyl (C=O) groups excluding carboxylic acids is 1. The summed E-state index contributed by atoms with van der Waals surface area (Å²) in [6.45, 7) is 8.21. The molecule has 1 aliphatic rings. The maximum absolute atomic E-state index is 12.7. The van der Waals surface area contributed by atoms with Crippen molar-refractivity contribution in [3.63, 3.8) is 0 Å². The molecule has 1 aliphatic heterocycles. The molecule has 7 nitrogen and oxygen atoms in total. The Labute approximate surface area is 134 Å². The Hall–Kier alpha value is -2.15. The van der Waals surface area contributed by atoms with E-state index in [4.69, 9.17) is 0 Å². The van der Waals surface area contributed by atoms with Crippen molar-refractivity contribution in [3.8, 4) is 0 Å². The molecule has 2 aromatic heterocycles. The first-order chi connectivity index (χ1) is 10.9. The Bertz CT molecular complexity index is 820. The predicted molar refractivity (Wildman–Crippen MR) is 88.6 cm³/mol. The van der Waals surface area contributed by atoms with Crippen molar-refractivity contribution in [3.05, 3.63) is 27.2 Å². The van der Waals surface area contributed by atoms with Crippen molar-refractivity contribution in [1.82, 2.24) is 25.0 Å². The van der Waals surface area contributed by atoms with E-state index in [0.717, 1.165) is 36.5 Å². The van der Waals surface area contributed by atoms with Gasteiger partial charge in [-0.3, -0.25) is 19.4 Å². The molecule has 2 aromatic rings. The number of amides is 1. The Morgan fingerprint density at radius 1 is 1.39 bits per heavy atom. The highest BCUT2D eigenvalue weighted by molar-refractivity contribution is 5.85. The second-order valence-electron chi connectivity index (χ2n) is 6.32. The van der Waals surface area contributed by atoms with Gasteiger partial charge < -0.3 is 10.2 Å². The van der Waals surface area contributed by atoms with Crippen LogP contribution in [-0.4, -0.2) is 51.2 Å². The van der Waals surface area contributed by atoms with Crippen LogP contribution in [0.4, 0.5) is 0 Å². The number of aromatic nitrogens is 3. The minimum absolute atomic E-state index is 0.0960. The zero-order valence-electron chi connectivity index (χ0n) is 14.1. The molecule has 0 saturated carbocycles. The number of hydrogen-bond donors (Lipinski definition) is 2. The van der Waals surface area contributed by atoms with E-state index in [2.05, 4.69) is 15.4 Å². The van der Waals surface area contributed by atoms with E-state index in [-0.39, 0.29) is 17.5 Å². The highest BCUT2D eigenvalue weighted by Crippen LogP contribution is 2.21. The molecule has 3 rings (SSSR count). The normalized spacial score (nSPS) is 18.6. The lowest BCUT2D eigenvalue weighted by Gasteiger charge is -2.34. The lowest BCUT2D eigenvalue weighted by atomic mass is 10.0. The standard InChI is InChI=1S/C16H23N5O2/c1-9-8-17-5-6-21(9)13(22)7-12-10(2)14-15(18-11(12)3)20(4)19-16(14)23/h9,17H,5-8H2,1-4H3,(H,19,23). The number of fused-ring (bicyclic) bond motifs is 1. The summed E-state index contributed by atoms with van der Waals surface area (Å²) in [7, 11) is 1.77. The number of aryl methyl sites for hydroxylation is 3. The molecular weight excluding hydrogens is 294 g/mol. The second-order valence-corrected chi connectivity index (χ2v) is 6.32. The maximum atomic E-state index is 12.7. The molecular formula is C16H23N5O2. The summed E-state index contributed by atoms with van der Waals surface area (Å²) in [4.78, 5) is 31.2. The summed E-state index contributed by atoms with van der Waals surface area (Å²) >= 11 is 0. The first-order valence-corrected chi connectivity index (χ1v) is 7.95. The summed E-state index contributed by atoms with van der Waals surface area (Å²) in [5.74, 6) is 0.0960. The Morgan fingerprint density at radius 3 is 2.83 bits per heavy atom. The molecule has 0 bridgehead atoms. The predicted octanol–water partition coefficient (Wildman–Crippen LogP) is 0.241. The van der Waals surface area contributed by atoms with Crippen LogP contribution < -0.4 is 10.9 Å². The van der Waals surface area contributed by atoms with Gasteiger partial charge in [-0.15, -0.1) is 0 Å². The van der Waals surface area contributed by atoms with Gasteiger partial charge in [-0.1, -0.05) is 0 Å². The molecule has 1 amide bonds. The Balaban J connectivity index is 1.98.